The summed E-state index contributed by atoms with van der Waals surface area (Å²) in [6.45, 7) is 11.8. The first-order valence-corrected chi connectivity index (χ1v) is 8.23. The lowest BCUT2D eigenvalue weighted by molar-refractivity contribution is 0.0118. The van der Waals surface area contributed by atoms with Crippen LogP contribution in [0.15, 0.2) is 24.3 Å². The molecule has 128 valence electrons. The van der Waals surface area contributed by atoms with Crippen molar-refractivity contribution in [3.8, 4) is 5.75 Å². The molecule has 1 aliphatic heterocycles. The Balaban J connectivity index is 2.13. The van der Waals surface area contributed by atoms with E-state index in [1.165, 1.54) is 0 Å². The lowest BCUT2D eigenvalue weighted by Gasteiger charge is -2.37. The summed E-state index contributed by atoms with van der Waals surface area (Å²) in [5, 5.41) is 3.35. The van der Waals surface area contributed by atoms with Gasteiger partial charge in [0, 0.05) is 19.6 Å². The van der Waals surface area contributed by atoms with Gasteiger partial charge in [-0.15, -0.1) is 0 Å². The molecule has 1 amide bonds. The van der Waals surface area contributed by atoms with Crippen molar-refractivity contribution < 1.29 is 14.3 Å². The fourth-order valence-electron chi connectivity index (χ4n) is 2.58. The molecule has 0 saturated carbocycles. The van der Waals surface area contributed by atoms with Crippen LogP contribution in [-0.2, 0) is 4.74 Å². The van der Waals surface area contributed by atoms with Crippen molar-refractivity contribution in [1.29, 1.82) is 0 Å². The SMILES string of the molecule is CC(C)Oc1ccc(C2CNCCN2C(=O)OC(C)(C)C)cc1. The minimum atomic E-state index is -0.485. The topological polar surface area (TPSA) is 50.8 Å². The molecule has 1 aromatic rings. The smallest absolute Gasteiger partial charge is 0.410 e. The number of hydrogen-bond acceptors (Lipinski definition) is 4. The second-order valence-corrected chi connectivity index (χ2v) is 7.13. The minimum Gasteiger partial charge on any atom is -0.491 e. The lowest BCUT2D eigenvalue weighted by atomic mass is 10.0. The largest absolute Gasteiger partial charge is 0.491 e. The Labute approximate surface area is 139 Å². The fraction of sp³-hybridized carbons (Fsp3) is 0.611. The Morgan fingerprint density at radius 1 is 1.26 bits per heavy atom. The maximum absolute atomic E-state index is 12.5. The van der Waals surface area contributed by atoms with E-state index in [1.54, 1.807) is 4.90 Å². The molecule has 5 heteroatoms. The monoisotopic (exact) mass is 320 g/mol. The highest BCUT2D eigenvalue weighted by Crippen LogP contribution is 2.26. The lowest BCUT2D eigenvalue weighted by Crippen LogP contribution is -2.50. The summed E-state index contributed by atoms with van der Waals surface area (Å²) < 4.78 is 11.2. The predicted molar refractivity (Wildman–Crippen MR) is 90.8 cm³/mol. The molecule has 23 heavy (non-hydrogen) atoms. The zero-order valence-corrected chi connectivity index (χ0v) is 14.8. The summed E-state index contributed by atoms with van der Waals surface area (Å²) in [6, 6.07) is 7.93. The van der Waals surface area contributed by atoms with Crippen LogP contribution >= 0.6 is 0 Å². The van der Waals surface area contributed by atoms with Gasteiger partial charge in [-0.2, -0.15) is 0 Å². The van der Waals surface area contributed by atoms with Gasteiger partial charge in [0.15, 0.2) is 0 Å². The normalized spacial score (nSPS) is 18.9. The third-order valence-corrected chi connectivity index (χ3v) is 3.51. The summed E-state index contributed by atoms with van der Waals surface area (Å²) >= 11 is 0. The summed E-state index contributed by atoms with van der Waals surface area (Å²) in [5.41, 5.74) is 0.598. The Morgan fingerprint density at radius 2 is 1.91 bits per heavy atom. The molecule has 1 atom stereocenters. The number of amides is 1. The molecule has 0 aliphatic carbocycles. The summed E-state index contributed by atoms with van der Waals surface area (Å²) in [4.78, 5) is 14.3. The van der Waals surface area contributed by atoms with E-state index in [2.05, 4.69) is 5.32 Å². The molecule has 1 aliphatic rings. The molecule has 0 radical (unpaired) electrons. The molecule has 5 nitrogen and oxygen atoms in total. The average Bonchev–Trinajstić information content (AvgIpc) is 2.46. The molecule has 0 aromatic heterocycles. The van der Waals surface area contributed by atoms with Gasteiger partial charge in [0.2, 0.25) is 0 Å². The van der Waals surface area contributed by atoms with Crippen molar-refractivity contribution in [3.63, 3.8) is 0 Å². The van der Waals surface area contributed by atoms with Crippen molar-refractivity contribution in [3.05, 3.63) is 29.8 Å². The van der Waals surface area contributed by atoms with Crippen LogP contribution in [0.4, 0.5) is 4.79 Å². The third kappa shape index (κ3) is 5.13. The molecular formula is C18H28N2O3. The third-order valence-electron chi connectivity index (χ3n) is 3.51. The Bertz CT molecular complexity index is 520. The minimum absolute atomic E-state index is 0.0216. The van der Waals surface area contributed by atoms with Crippen molar-refractivity contribution in [2.45, 2.75) is 52.4 Å². The number of benzene rings is 1. The van der Waals surface area contributed by atoms with E-state index < -0.39 is 5.60 Å². The van der Waals surface area contributed by atoms with Gasteiger partial charge in [0.25, 0.3) is 0 Å². The van der Waals surface area contributed by atoms with Crippen LogP contribution in [-0.4, -0.2) is 42.3 Å². The number of hydrogen-bond donors (Lipinski definition) is 1. The van der Waals surface area contributed by atoms with Gasteiger partial charge in [0.1, 0.15) is 11.4 Å². The number of ether oxygens (including phenoxy) is 2. The number of carbonyl (C=O) groups excluding carboxylic acids is 1. The maximum atomic E-state index is 12.5. The predicted octanol–water partition coefficient (Wildman–Crippen LogP) is 3.36. The molecule has 0 spiro atoms. The van der Waals surface area contributed by atoms with Crippen LogP contribution in [0.25, 0.3) is 0 Å². The fourth-order valence-corrected chi connectivity index (χ4v) is 2.58. The van der Waals surface area contributed by atoms with Gasteiger partial charge in [-0.3, -0.25) is 4.90 Å². The summed E-state index contributed by atoms with van der Waals surface area (Å²) in [5.74, 6) is 0.844. The van der Waals surface area contributed by atoms with E-state index in [1.807, 2.05) is 58.9 Å². The van der Waals surface area contributed by atoms with Crippen molar-refractivity contribution in [2.24, 2.45) is 0 Å². The molecule has 1 fully saturated rings. The van der Waals surface area contributed by atoms with E-state index in [0.717, 1.165) is 24.4 Å². The van der Waals surface area contributed by atoms with Gasteiger partial charge in [-0.05, 0) is 52.3 Å². The van der Waals surface area contributed by atoms with E-state index >= 15 is 0 Å². The zero-order valence-electron chi connectivity index (χ0n) is 14.8. The quantitative estimate of drug-likeness (QED) is 0.928. The first-order chi connectivity index (χ1) is 10.8. The summed E-state index contributed by atoms with van der Waals surface area (Å²) in [7, 11) is 0. The van der Waals surface area contributed by atoms with Crippen LogP contribution in [0.2, 0.25) is 0 Å². The second-order valence-electron chi connectivity index (χ2n) is 7.13. The summed E-state index contributed by atoms with van der Waals surface area (Å²) in [6.07, 6.45) is -0.109. The Kier molecular flexibility index (Phi) is 5.52. The van der Waals surface area contributed by atoms with E-state index in [0.29, 0.717) is 6.54 Å². The molecular weight excluding hydrogens is 292 g/mol. The molecule has 1 N–H and O–H groups in total. The number of rotatable bonds is 3. The average molecular weight is 320 g/mol. The van der Waals surface area contributed by atoms with Crippen LogP contribution in [0.1, 0.15) is 46.2 Å². The highest BCUT2D eigenvalue weighted by Gasteiger charge is 2.31. The number of carbonyl (C=O) groups is 1. The van der Waals surface area contributed by atoms with Crippen LogP contribution in [0.5, 0.6) is 5.75 Å². The van der Waals surface area contributed by atoms with Crippen LogP contribution in [0.3, 0.4) is 0 Å². The Morgan fingerprint density at radius 3 is 2.48 bits per heavy atom. The van der Waals surface area contributed by atoms with Gasteiger partial charge in [-0.1, -0.05) is 12.1 Å². The van der Waals surface area contributed by atoms with Gasteiger partial charge in [-0.25, -0.2) is 4.79 Å². The second kappa shape index (κ2) is 7.21. The van der Waals surface area contributed by atoms with Crippen molar-refractivity contribution in [1.82, 2.24) is 10.2 Å². The number of piperazine rings is 1. The van der Waals surface area contributed by atoms with Gasteiger partial charge in [0.05, 0.1) is 12.1 Å². The molecule has 2 rings (SSSR count). The number of nitrogens with one attached hydrogen (secondary N) is 1. The molecule has 1 aromatic carbocycles. The van der Waals surface area contributed by atoms with Crippen LogP contribution in [0, 0.1) is 0 Å². The first-order valence-electron chi connectivity index (χ1n) is 8.23. The van der Waals surface area contributed by atoms with E-state index in [-0.39, 0.29) is 18.2 Å². The molecule has 1 unspecified atom stereocenters. The molecule has 0 bridgehead atoms. The standard InChI is InChI=1S/C18H28N2O3/c1-13(2)22-15-8-6-14(7-9-15)16-12-19-10-11-20(16)17(21)23-18(3,4)5/h6-9,13,16,19H,10-12H2,1-5H3. The van der Waals surface area contributed by atoms with Gasteiger partial charge < -0.3 is 14.8 Å². The maximum Gasteiger partial charge on any atom is 0.410 e. The van der Waals surface area contributed by atoms with E-state index in [9.17, 15) is 4.79 Å². The molecule has 1 saturated heterocycles. The van der Waals surface area contributed by atoms with Crippen LogP contribution < -0.4 is 10.1 Å². The Hall–Kier alpha value is -1.75. The van der Waals surface area contributed by atoms with Crippen molar-refractivity contribution in [2.75, 3.05) is 19.6 Å². The zero-order chi connectivity index (χ0) is 17.0. The van der Waals surface area contributed by atoms with E-state index in [4.69, 9.17) is 9.47 Å². The number of nitrogens with zero attached hydrogens (tertiary/aromatic N) is 1. The molecule has 1 heterocycles. The van der Waals surface area contributed by atoms with Crippen molar-refractivity contribution >= 4 is 6.09 Å². The highest BCUT2D eigenvalue weighted by molar-refractivity contribution is 5.69. The highest BCUT2D eigenvalue weighted by atomic mass is 16.6. The first kappa shape index (κ1) is 17.6. The van der Waals surface area contributed by atoms with Gasteiger partial charge >= 0.3 is 6.09 Å².